The van der Waals surface area contributed by atoms with Crippen LogP contribution in [0.1, 0.15) is 12.8 Å². The van der Waals surface area contributed by atoms with E-state index in [4.69, 9.17) is 47.6 Å². The first-order chi connectivity index (χ1) is 16.5. The average molecular weight is 511 g/mol. The summed E-state index contributed by atoms with van der Waals surface area (Å²) in [5, 5.41) is 53.6. The lowest BCUT2D eigenvalue weighted by atomic mass is 9.84. The molecule has 0 aromatic carbocycles. The highest BCUT2D eigenvalue weighted by Gasteiger charge is 2.50. The quantitative estimate of drug-likeness (QED) is 0.152. The number of hydrogen-bond acceptors (Lipinski definition) is 14. The Hall–Kier alpha value is -1.25. The molecule has 16 heteroatoms. The molecule has 16 nitrogen and oxygen atoms in total. The Morgan fingerprint density at radius 3 is 2.00 bits per heavy atom. The first-order valence-electron chi connectivity index (χ1n) is 11.5. The van der Waals surface area contributed by atoms with Gasteiger partial charge in [-0.25, -0.2) is 4.79 Å². The zero-order valence-corrected chi connectivity index (χ0v) is 19.1. The number of primary amides is 1. The van der Waals surface area contributed by atoms with Crippen LogP contribution in [0.4, 0.5) is 4.79 Å². The Balaban J connectivity index is 1.75. The van der Waals surface area contributed by atoms with Crippen LogP contribution in [-0.4, -0.2) is 130 Å². The predicted molar refractivity (Wildman–Crippen MR) is 117 cm³/mol. The second kappa shape index (κ2) is 11.9. The first kappa shape index (κ1) is 28.3. The largest absolute Gasteiger partial charge is 0.394 e. The van der Waals surface area contributed by atoms with Gasteiger partial charge in [-0.15, -0.1) is 0 Å². The zero-order valence-electron chi connectivity index (χ0n) is 19.1. The Labute approximate surface area is 201 Å². The van der Waals surface area contributed by atoms with Crippen molar-refractivity contribution in [3.63, 3.8) is 0 Å². The maximum Gasteiger partial charge on any atom is 0.312 e. The van der Waals surface area contributed by atoms with E-state index in [2.05, 4.69) is 5.32 Å². The zero-order chi connectivity index (χ0) is 26.0. The number of carbonyl (C=O) groups excluding carboxylic acids is 1. The van der Waals surface area contributed by atoms with E-state index in [-0.39, 0.29) is 19.4 Å². The number of aliphatic hydroxyl groups is 5. The fraction of sp³-hybridized carbons (Fsp3) is 0.947. The van der Waals surface area contributed by atoms with Gasteiger partial charge in [0.25, 0.3) is 0 Å². The van der Waals surface area contributed by atoms with Crippen LogP contribution in [0, 0.1) is 0 Å². The van der Waals surface area contributed by atoms with Crippen molar-refractivity contribution < 1.29 is 49.3 Å². The molecule has 0 radical (unpaired) electrons. The lowest BCUT2D eigenvalue weighted by Gasteiger charge is -2.48. The molecule has 16 N–H and O–H groups in total. The van der Waals surface area contributed by atoms with Crippen molar-refractivity contribution in [2.24, 2.45) is 28.7 Å². The van der Waals surface area contributed by atoms with Gasteiger partial charge in [-0.1, -0.05) is 0 Å². The molecular formula is C19H38N6O10. The van der Waals surface area contributed by atoms with Crippen LogP contribution < -0.4 is 34.0 Å². The van der Waals surface area contributed by atoms with Crippen LogP contribution in [-0.2, 0) is 18.9 Å². The predicted octanol–water partition coefficient (Wildman–Crippen LogP) is -6.59. The molecule has 0 spiro atoms. The highest BCUT2D eigenvalue weighted by molar-refractivity contribution is 5.72. The maximum absolute atomic E-state index is 11.4. The molecule has 2 aliphatic heterocycles. The average Bonchev–Trinajstić information content (AvgIpc) is 2.80. The normalized spacial score (nSPS) is 48.9. The van der Waals surface area contributed by atoms with E-state index in [1.54, 1.807) is 0 Å². The molecule has 0 aromatic rings. The van der Waals surface area contributed by atoms with E-state index in [1.807, 2.05) is 0 Å². The van der Waals surface area contributed by atoms with Crippen molar-refractivity contribution in [3.05, 3.63) is 0 Å². The van der Waals surface area contributed by atoms with Gasteiger partial charge in [-0.2, -0.15) is 0 Å². The summed E-state index contributed by atoms with van der Waals surface area (Å²) in [7, 11) is 0. The topological polar surface area (TPSA) is 297 Å². The summed E-state index contributed by atoms with van der Waals surface area (Å²) in [6.45, 7) is -0.617. The standard InChI is InChI=1S/C19H38N6O10/c20-3-9-8(27)2-7(25-19(24)31)17(32-9)34-15-5(21)1-6(22)16(14(15)30)35-18-13(29)11(23)12(28)10(4-26)33-18/h5-18,26-30H,1-4,20-23H2,(H3,24,25,31)/t5-,6+,7+,8-,9+,10-,11+,12-,13-,14-,15+,16-,17+,18-/m0/s1. The molecule has 3 aliphatic rings. The van der Waals surface area contributed by atoms with E-state index in [0.29, 0.717) is 0 Å². The molecule has 2 amide bonds. The summed E-state index contributed by atoms with van der Waals surface area (Å²) in [5.74, 6) is 0. The number of urea groups is 1. The third kappa shape index (κ3) is 6.19. The second-order valence-corrected chi connectivity index (χ2v) is 9.24. The van der Waals surface area contributed by atoms with Crippen LogP contribution in [0.25, 0.3) is 0 Å². The molecule has 0 bridgehead atoms. The molecular weight excluding hydrogens is 472 g/mol. The molecule has 204 valence electrons. The maximum atomic E-state index is 11.4. The smallest absolute Gasteiger partial charge is 0.312 e. The minimum atomic E-state index is -1.49. The lowest BCUT2D eigenvalue weighted by molar-refractivity contribution is -0.315. The van der Waals surface area contributed by atoms with Gasteiger partial charge in [0.1, 0.15) is 36.6 Å². The number of rotatable bonds is 7. The number of hydrogen-bond donors (Lipinski definition) is 11. The number of carbonyl (C=O) groups is 1. The van der Waals surface area contributed by atoms with Crippen molar-refractivity contribution in [2.45, 2.75) is 98.4 Å². The summed E-state index contributed by atoms with van der Waals surface area (Å²) < 4.78 is 22.8. The molecule has 0 unspecified atom stereocenters. The van der Waals surface area contributed by atoms with Crippen LogP contribution in [0.3, 0.4) is 0 Å². The summed E-state index contributed by atoms with van der Waals surface area (Å²) >= 11 is 0. The number of nitrogens with one attached hydrogen (secondary N) is 1. The van der Waals surface area contributed by atoms with Gasteiger partial charge in [0.15, 0.2) is 12.6 Å². The SMILES string of the molecule is NC[C@H]1O[C@H](O[C@H]2[C@H](O)[C@@H](O[C@@H]3O[C@@H](CO)[C@H](O)[C@@H](N)[C@@H]3O)[C@H](N)C[C@@H]2N)[C@H](NC(N)=O)C[C@@H]1O. The fourth-order valence-electron chi connectivity index (χ4n) is 4.71. The Morgan fingerprint density at radius 1 is 0.886 bits per heavy atom. The van der Waals surface area contributed by atoms with Crippen LogP contribution >= 0.6 is 0 Å². The van der Waals surface area contributed by atoms with E-state index in [1.165, 1.54) is 0 Å². The van der Waals surface area contributed by atoms with Gasteiger partial charge < -0.3 is 78.5 Å². The van der Waals surface area contributed by atoms with E-state index >= 15 is 0 Å². The van der Waals surface area contributed by atoms with Gasteiger partial charge in [-0.05, 0) is 6.42 Å². The Bertz CT molecular complexity index is 709. The first-order valence-corrected chi connectivity index (χ1v) is 11.5. The lowest BCUT2D eigenvalue weighted by Crippen LogP contribution is -2.68. The van der Waals surface area contributed by atoms with Crippen molar-refractivity contribution in [3.8, 4) is 0 Å². The third-order valence-electron chi connectivity index (χ3n) is 6.70. The Morgan fingerprint density at radius 2 is 1.46 bits per heavy atom. The molecule has 2 saturated heterocycles. The van der Waals surface area contributed by atoms with Gasteiger partial charge in [0, 0.05) is 25.0 Å². The minimum Gasteiger partial charge on any atom is -0.394 e. The number of amides is 2. The fourth-order valence-corrected chi connectivity index (χ4v) is 4.71. The van der Waals surface area contributed by atoms with Crippen LogP contribution in [0.15, 0.2) is 0 Å². The van der Waals surface area contributed by atoms with Crippen molar-refractivity contribution in [1.29, 1.82) is 0 Å². The van der Waals surface area contributed by atoms with Gasteiger partial charge >= 0.3 is 6.03 Å². The van der Waals surface area contributed by atoms with Crippen molar-refractivity contribution in [1.82, 2.24) is 5.32 Å². The Kier molecular flexibility index (Phi) is 9.60. The molecule has 35 heavy (non-hydrogen) atoms. The molecule has 0 aromatic heterocycles. The van der Waals surface area contributed by atoms with Crippen molar-refractivity contribution in [2.75, 3.05) is 13.2 Å². The van der Waals surface area contributed by atoms with Crippen LogP contribution in [0.2, 0.25) is 0 Å². The molecule has 3 rings (SSSR count). The summed E-state index contributed by atoms with van der Waals surface area (Å²) in [6.07, 6.45) is -11.9. The van der Waals surface area contributed by atoms with E-state index in [0.717, 1.165) is 0 Å². The van der Waals surface area contributed by atoms with Gasteiger partial charge in [0.2, 0.25) is 0 Å². The van der Waals surface area contributed by atoms with Crippen molar-refractivity contribution >= 4 is 6.03 Å². The number of nitrogens with two attached hydrogens (primary N) is 5. The van der Waals surface area contributed by atoms with Gasteiger partial charge in [-0.3, -0.25) is 0 Å². The van der Waals surface area contributed by atoms with Crippen LogP contribution in [0.5, 0.6) is 0 Å². The summed E-state index contributed by atoms with van der Waals surface area (Å²) in [4.78, 5) is 11.4. The van der Waals surface area contributed by atoms with E-state index in [9.17, 15) is 30.3 Å². The molecule has 3 fully saturated rings. The molecule has 1 saturated carbocycles. The highest BCUT2D eigenvalue weighted by Crippen LogP contribution is 2.31. The third-order valence-corrected chi connectivity index (χ3v) is 6.70. The monoisotopic (exact) mass is 510 g/mol. The molecule has 14 atom stereocenters. The molecule has 1 aliphatic carbocycles. The number of ether oxygens (including phenoxy) is 4. The second-order valence-electron chi connectivity index (χ2n) is 9.24. The van der Waals surface area contributed by atoms with Gasteiger partial charge in [0.05, 0.1) is 30.9 Å². The summed E-state index contributed by atoms with van der Waals surface area (Å²) in [5.41, 5.74) is 29.0. The minimum absolute atomic E-state index is 0.0256. The number of aliphatic hydroxyl groups excluding tert-OH is 5. The van der Waals surface area contributed by atoms with E-state index < -0.39 is 98.2 Å². The summed E-state index contributed by atoms with van der Waals surface area (Å²) in [6, 6.07) is -4.52. The highest BCUT2D eigenvalue weighted by atomic mass is 16.7. The molecule has 2 heterocycles.